The summed E-state index contributed by atoms with van der Waals surface area (Å²) in [5.41, 5.74) is 3.75. The van der Waals surface area contributed by atoms with Crippen LogP contribution in [-0.4, -0.2) is 54.4 Å². The Kier molecular flexibility index (Phi) is 6.09. The van der Waals surface area contributed by atoms with E-state index in [9.17, 15) is 9.59 Å². The van der Waals surface area contributed by atoms with Crippen LogP contribution < -0.4 is 10.2 Å². The van der Waals surface area contributed by atoms with Crippen molar-refractivity contribution >= 4 is 35.0 Å². The van der Waals surface area contributed by atoms with Crippen LogP contribution in [0.2, 0.25) is 0 Å². The summed E-state index contributed by atoms with van der Waals surface area (Å²) in [4.78, 5) is 29.5. The second-order valence-electron chi connectivity index (χ2n) is 7.70. The largest absolute Gasteiger partial charge is 0.362 e. The number of hydrogen-bond donors (Lipinski definition) is 1. The molecule has 1 N–H and O–H groups in total. The van der Waals surface area contributed by atoms with E-state index in [1.807, 2.05) is 40.9 Å². The molecule has 2 aliphatic rings. The maximum absolute atomic E-state index is 12.7. The summed E-state index contributed by atoms with van der Waals surface area (Å²) in [6.45, 7) is 4.99. The number of carbonyl (C=O) groups is 2. The third kappa shape index (κ3) is 4.58. The maximum Gasteiger partial charge on any atom is 0.253 e. The van der Waals surface area contributed by atoms with Gasteiger partial charge in [0.15, 0.2) is 0 Å². The van der Waals surface area contributed by atoms with Gasteiger partial charge in [-0.05, 0) is 42.2 Å². The fraction of sp³-hybridized carbons (Fsp3) is 0.391. The average Bonchev–Trinajstić information content (AvgIpc) is 2.76. The van der Waals surface area contributed by atoms with E-state index in [2.05, 4.69) is 35.3 Å². The highest BCUT2D eigenvalue weighted by atomic mass is 32.2. The van der Waals surface area contributed by atoms with Crippen LogP contribution in [0, 0.1) is 0 Å². The minimum absolute atomic E-state index is 0.0420. The standard InChI is InChI=1S/C23H27N3O2S/c1-17-9-10-26(21-8-3-2-7-20(17)21)16-22(27)24-19-6-4-5-18(15-19)23(28)25-11-13-29-14-12-25/h2-8,15,17H,9-14,16H2,1H3,(H,24,27). The lowest BCUT2D eigenvalue weighted by Crippen LogP contribution is -2.38. The number of nitrogens with one attached hydrogen (secondary N) is 1. The van der Waals surface area contributed by atoms with Crippen molar-refractivity contribution in [2.45, 2.75) is 19.3 Å². The third-order valence-corrected chi connectivity index (χ3v) is 6.61. The molecule has 152 valence electrons. The van der Waals surface area contributed by atoms with Crippen LogP contribution in [0.3, 0.4) is 0 Å². The van der Waals surface area contributed by atoms with E-state index in [0.29, 0.717) is 23.7 Å². The Hall–Kier alpha value is -2.47. The first-order chi connectivity index (χ1) is 14.1. The van der Waals surface area contributed by atoms with Gasteiger partial charge in [0.05, 0.1) is 6.54 Å². The van der Waals surface area contributed by atoms with Crippen molar-refractivity contribution in [3.63, 3.8) is 0 Å². The number of nitrogens with zero attached hydrogens (tertiary/aromatic N) is 2. The van der Waals surface area contributed by atoms with Gasteiger partial charge in [-0.15, -0.1) is 0 Å². The quantitative estimate of drug-likeness (QED) is 0.834. The minimum Gasteiger partial charge on any atom is -0.362 e. The summed E-state index contributed by atoms with van der Waals surface area (Å²) < 4.78 is 0. The molecule has 4 rings (SSSR count). The molecule has 2 heterocycles. The molecule has 0 bridgehead atoms. The second kappa shape index (κ2) is 8.91. The Morgan fingerprint density at radius 1 is 1.07 bits per heavy atom. The van der Waals surface area contributed by atoms with E-state index in [0.717, 1.165) is 43.2 Å². The summed E-state index contributed by atoms with van der Waals surface area (Å²) >= 11 is 1.88. The molecule has 1 atom stereocenters. The fourth-order valence-corrected chi connectivity index (χ4v) is 4.94. The van der Waals surface area contributed by atoms with Crippen molar-refractivity contribution < 1.29 is 9.59 Å². The fourth-order valence-electron chi connectivity index (χ4n) is 4.03. The molecule has 5 nitrogen and oxygen atoms in total. The van der Waals surface area contributed by atoms with Crippen molar-refractivity contribution in [2.75, 3.05) is 47.9 Å². The second-order valence-corrected chi connectivity index (χ2v) is 8.93. The zero-order valence-electron chi connectivity index (χ0n) is 16.8. The van der Waals surface area contributed by atoms with Gasteiger partial charge in [0.1, 0.15) is 0 Å². The summed E-state index contributed by atoms with van der Waals surface area (Å²) in [5.74, 6) is 2.46. The molecule has 6 heteroatoms. The predicted octanol–water partition coefficient (Wildman–Crippen LogP) is 3.83. The van der Waals surface area contributed by atoms with Crippen LogP contribution in [0.5, 0.6) is 0 Å². The van der Waals surface area contributed by atoms with Gasteiger partial charge < -0.3 is 15.1 Å². The lowest BCUT2D eigenvalue weighted by Gasteiger charge is -2.34. The average molecular weight is 410 g/mol. The predicted molar refractivity (Wildman–Crippen MR) is 120 cm³/mol. The Labute approximate surface area is 176 Å². The number of anilines is 2. The molecule has 2 aliphatic heterocycles. The Morgan fingerprint density at radius 2 is 1.86 bits per heavy atom. The van der Waals surface area contributed by atoms with E-state index in [1.54, 1.807) is 6.07 Å². The molecule has 2 aromatic carbocycles. The summed E-state index contributed by atoms with van der Waals surface area (Å²) in [7, 11) is 0. The molecule has 1 saturated heterocycles. The zero-order chi connectivity index (χ0) is 20.2. The Bertz CT molecular complexity index is 895. The number of carbonyl (C=O) groups excluding carboxylic acids is 2. The van der Waals surface area contributed by atoms with Crippen molar-refractivity contribution in [2.24, 2.45) is 0 Å². The van der Waals surface area contributed by atoms with Crippen LogP contribution in [0.1, 0.15) is 35.2 Å². The highest BCUT2D eigenvalue weighted by Gasteiger charge is 2.23. The number of fused-ring (bicyclic) bond motifs is 1. The van der Waals surface area contributed by atoms with Crippen LogP contribution in [0.15, 0.2) is 48.5 Å². The molecule has 2 amide bonds. The topological polar surface area (TPSA) is 52.7 Å². The van der Waals surface area contributed by atoms with Gasteiger partial charge in [-0.2, -0.15) is 11.8 Å². The lowest BCUT2D eigenvalue weighted by atomic mass is 9.91. The van der Waals surface area contributed by atoms with Crippen molar-refractivity contribution in [1.82, 2.24) is 4.90 Å². The van der Waals surface area contributed by atoms with Crippen LogP contribution in [0.25, 0.3) is 0 Å². The normalized spacial score (nSPS) is 18.9. The highest BCUT2D eigenvalue weighted by Crippen LogP contribution is 2.34. The SMILES string of the molecule is CC1CCN(CC(=O)Nc2cccc(C(=O)N3CCSCC3)c2)c2ccccc21. The minimum atomic E-state index is -0.0617. The van der Waals surface area contributed by atoms with Crippen molar-refractivity contribution in [3.05, 3.63) is 59.7 Å². The van der Waals surface area contributed by atoms with Crippen molar-refractivity contribution in [1.29, 1.82) is 0 Å². The maximum atomic E-state index is 12.7. The summed E-state index contributed by atoms with van der Waals surface area (Å²) in [5, 5.41) is 2.97. The Balaban J connectivity index is 1.41. The number of thioether (sulfide) groups is 1. The van der Waals surface area contributed by atoms with Gasteiger partial charge in [0.25, 0.3) is 5.91 Å². The molecular weight excluding hydrogens is 382 g/mol. The number of benzene rings is 2. The number of rotatable bonds is 4. The van der Waals surface area contributed by atoms with E-state index < -0.39 is 0 Å². The van der Waals surface area contributed by atoms with Gasteiger partial charge in [0, 0.05) is 48.1 Å². The van der Waals surface area contributed by atoms with Crippen LogP contribution >= 0.6 is 11.8 Å². The van der Waals surface area contributed by atoms with E-state index in [-0.39, 0.29) is 11.8 Å². The number of hydrogen-bond acceptors (Lipinski definition) is 4. The van der Waals surface area contributed by atoms with E-state index in [1.165, 1.54) is 5.56 Å². The molecule has 0 saturated carbocycles. The highest BCUT2D eigenvalue weighted by molar-refractivity contribution is 7.99. The molecular formula is C23H27N3O2S. The third-order valence-electron chi connectivity index (χ3n) is 5.67. The first-order valence-electron chi connectivity index (χ1n) is 10.2. The molecule has 0 radical (unpaired) electrons. The first-order valence-corrected chi connectivity index (χ1v) is 11.4. The lowest BCUT2D eigenvalue weighted by molar-refractivity contribution is -0.115. The van der Waals surface area contributed by atoms with Gasteiger partial charge in [-0.3, -0.25) is 9.59 Å². The number of para-hydroxylation sites is 1. The first kappa shape index (κ1) is 19.8. The molecule has 0 aliphatic carbocycles. The summed E-state index contributed by atoms with van der Waals surface area (Å²) in [6, 6.07) is 15.6. The van der Waals surface area contributed by atoms with Gasteiger partial charge in [-0.25, -0.2) is 0 Å². The molecule has 29 heavy (non-hydrogen) atoms. The van der Waals surface area contributed by atoms with Gasteiger partial charge in [0.2, 0.25) is 5.91 Å². The van der Waals surface area contributed by atoms with Gasteiger partial charge >= 0.3 is 0 Å². The van der Waals surface area contributed by atoms with Gasteiger partial charge in [-0.1, -0.05) is 31.2 Å². The van der Waals surface area contributed by atoms with Crippen molar-refractivity contribution in [3.8, 4) is 0 Å². The molecule has 1 unspecified atom stereocenters. The smallest absolute Gasteiger partial charge is 0.253 e. The monoisotopic (exact) mass is 409 g/mol. The van der Waals surface area contributed by atoms with Crippen LogP contribution in [-0.2, 0) is 4.79 Å². The van der Waals surface area contributed by atoms with E-state index in [4.69, 9.17) is 0 Å². The van der Waals surface area contributed by atoms with Crippen LogP contribution in [0.4, 0.5) is 11.4 Å². The Morgan fingerprint density at radius 3 is 2.69 bits per heavy atom. The molecule has 2 aromatic rings. The summed E-state index contributed by atoms with van der Waals surface area (Å²) in [6.07, 6.45) is 1.04. The van der Waals surface area contributed by atoms with E-state index >= 15 is 0 Å². The molecule has 0 aromatic heterocycles. The zero-order valence-corrected chi connectivity index (χ0v) is 17.6. The molecule has 1 fully saturated rings. The molecule has 0 spiro atoms. The number of amides is 2.